The number of ketones is 1. The Morgan fingerprint density at radius 3 is 1.75 bits per heavy atom. The van der Waals surface area contributed by atoms with Crippen molar-refractivity contribution in [2.24, 2.45) is 16.7 Å². The largest absolute Gasteiger partial charge is 0.481 e. The van der Waals surface area contributed by atoms with E-state index in [1.54, 1.807) is 19.1 Å². The summed E-state index contributed by atoms with van der Waals surface area (Å²) >= 11 is 5.78. The van der Waals surface area contributed by atoms with E-state index in [9.17, 15) is 14.0 Å². The molecule has 0 fully saturated rings. The number of hydrogen-bond donors (Lipinski definition) is 1. The zero-order valence-corrected chi connectivity index (χ0v) is 36.7. The number of Topliss-reactive ketones (excluding diaryl/α,β-unsaturated/α-hetero) is 1. The van der Waals surface area contributed by atoms with Crippen LogP contribution in [-0.2, 0) is 9.53 Å². The van der Waals surface area contributed by atoms with Crippen LogP contribution >= 0.6 is 11.6 Å². The molecule has 1 aromatic carbocycles. The molecule has 0 aliphatic rings. The van der Waals surface area contributed by atoms with Gasteiger partial charge in [0.2, 0.25) is 5.78 Å². The first kappa shape index (κ1) is 53.2. The molecule has 0 bridgehead atoms. The van der Waals surface area contributed by atoms with Gasteiger partial charge in [0.25, 0.3) is 0 Å². The third kappa shape index (κ3) is 22.7. The van der Waals surface area contributed by atoms with Gasteiger partial charge in [-0.3, -0.25) is 4.79 Å². The number of rotatable bonds is 11. The van der Waals surface area contributed by atoms with Crippen molar-refractivity contribution in [3.05, 3.63) is 82.7 Å². The molecule has 0 aliphatic carbocycles. The van der Waals surface area contributed by atoms with E-state index < -0.39 is 17.4 Å². The van der Waals surface area contributed by atoms with Crippen LogP contribution in [0.25, 0.3) is 11.1 Å². The topological polar surface area (TPSA) is 76.7 Å². The van der Waals surface area contributed by atoms with Crippen molar-refractivity contribution in [3.63, 3.8) is 0 Å². The number of carbonyl (C=O) groups excluding carboxylic acids is 1. The molecule has 0 saturated carbocycles. The average Bonchev–Trinajstić information content (AvgIpc) is 3.40. The van der Waals surface area contributed by atoms with E-state index in [4.69, 9.17) is 25.9 Å². The molecule has 0 saturated heterocycles. The molecule has 52 heavy (non-hydrogen) atoms. The maximum atomic E-state index is 13.8. The lowest BCUT2D eigenvalue weighted by molar-refractivity contribution is -0.156. The first-order chi connectivity index (χ1) is 23.7. The fourth-order valence-electron chi connectivity index (χ4n) is 4.10. The van der Waals surface area contributed by atoms with Crippen molar-refractivity contribution in [2.45, 2.75) is 162 Å². The summed E-state index contributed by atoms with van der Waals surface area (Å²) < 4.78 is 24.8. The molecule has 1 N–H and O–H groups in total. The molecule has 1 aromatic heterocycles. The minimum atomic E-state index is -1.16. The molecule has 1 heterocycles. The van der Waals surface area contributed by atoms with Gasteiger partial charge in [-0.2, -0.15) is 0 Å². The van der Waals surface area contributed by atoms with Crippen LogP contribution in [0, 0.1) is 29.5 Å². The molecule has 0 aliphatic heterocycles. The van der Waals surface area contributed by atoms with E-state index in [-0.39, 0.29) is 22.1 Å². The monoisotopic (exact) mass is 749 g/mol. The number of allylic oxidation sites excluding steroid dienone is 4. The summed E-state index contributed by atoms with van der Waals surface area (Å²) in [7, 11) is 0. The Morgan fingerprint density at radius 2 is 1.44 bits per heavy atom. The number of carboxylic acid groups (broad SMARTS) is 1. The van der Waals surface area contributed by atoms with Crippen LogP contribution < -0.4 is 0 Å². The molecular weight excluding hydrogens is 675 g/mol. The van der Waals surface area contributed by atoms with Crippen LogP contribution in [0.2, 0.25) is 5.02 Å². The van der Waals surface area contributed by atoms with E-state index in [0.29, 0.717) is 33.8 Å². The van der Waals surface area contributed by atoms with Crippen LogP contribution in [0.1, 0.15) is 177 Å². The summed E-state index contributed by atoms with van der Waals surface area (Å²) in [5.41, 5.74) is 2.19. The number of hydrogen-bond acceptors (Lipinski definition) is 4. The standard InChI is InChI=1S/C24H28ClFO2.C7H12O3.C7H16.C4H10.C3H8/c1-8-14(2)22(27)21-12-16(4)23(28-21)18(24(5,6)7)11-15(3)17-9-10-19(25)20(26)13-17;1-5(2)10-7(3,4)6(8)9;1-5-6-7(2,3)4;1-3-4-2;1-3-2/h9-14H,3,8H2,1-2,4-7H3;1H2,2-4H3,(H,8,9);5-6H2,1-4H3;3-4H2,1-2H3;3H2,1-2H3/b18-11+;;;;. The van der Waals surface area contributed by atoms with Crippen molar-refractivity contribution in [3.8, 4) is 0 Å². The van der Waals surface area contributed by atoms with Crippen molar-refractivity contribution in [1.82, 2.24) is 0 Å². The van der Waals surface area contributed by atoms with Gasteiger partial charge in [0.1, 0.15) is 11.6 Å². The van der Waals surface area contributed by atoms with Gasteiger partial charge in [0, 0.05) is 11.5 Å². The van der Waals surface area contributed by atoms with Gasteiger partial charge >= 0.3 is 5.97 Å². The summed E-state index contributed by atoms with van der Waals surface area (Å²) in [6.07, 6.45) is 9.19. The third-order valence-electron chi connectivity index (χ3n) is 7.33. The summed E-state index contributed by atoms with van der Waals surface area (Å²) in [6.45, 7) is 41.8. The number of halogens is 2. The number of furan rings is 1. The minimum Gasteiger partial charge on any atom is -0.481 e. The number of benzene rings is 1. The molecule has 1 unspecified atom stereocenters. The maximum absolute atomic E-state index is 13.8. The Kier molecular flexibility index (Phi) is 26.4. The van der Waals surface area contributed by atoms with Crippen molar-refractivity contribution < 1.29 is 28.2 Å². The lowest BCUT2D eigenvalue weighted by atomic mass is 9.82. The van der Waals surface area contributed by atoms with Crippen molar-refractivity contribution in [2.75, 3.05) is 0 Å². The van der Waals surface area contributed by atoms with Crippen LogP contribution in [0.5, 0.6) is 0 Å². The Morgan fingerprint density at radius 1 is 0.942 bits per heavy atom. The number of unbranched alkanes of at least 4 members (excludes halogenated alkanes) is 1. The fraction of sp³-hybridized carbons (Fsp3) is 0.600. The van der Waals surface area contributed by atoms with Gasteiger partial charge in [-0.25, -0.2) is 9.18 Å². The highest BCUT2D eigenvalue weighted by Crippen LogP contribution is 2.39. The zero-order valence-electron chi connectivity index (χ0n) is 36.0. The molecule has 298 valence electrons. The SMILES string of the molecule is C=C(/C=C(\c1oc(C(=O)C(C)CC)cc1C)C(C)(C)C)c1ccc(Cl)c(F)c1.C=C(C)OC(C)(C)C(=O)O.CCC.CCCC.CCCC(C)(C)C. The van der Waals surface area contributed by atoms with E-state index >= 15 is 0 Å². The summed E-state index contributed by atoms with van der Waals surface area (Å²) in [6, 6.07) is 6.42. The van der Waals surface area contributed by atoms with Gasteiger partial charge in [0.05, 0.1) is 10.8 Å². The Bertz CT molecular complexity index is 1400. The normalized spacial score (nSPS) is 11.9. The highest BCUT2D eigenvalue weighted by Gasteiger charge is 2.29. The van der Waals surface area contributed by atoms with E-state index in [2.05, 4.69) is 89.3 Å². The molecule has 2 rings (SSSR count). The second-order valence-electron chi connectivity index (χ2n) is 15.9. The second kappa shape index (κ2) is 25.8. The minimum absolute atomic E-state index is 0.00343. The van der Waals surface area contributed by atoms with Crippen LogP contribution in [0.4, 0.5) is 4.39 Å². The summed E-state index contributed by atoms with van der Waals surface area (Å²) in [5, 5.41) is 8.60. The van der Waals surface area contributed by atoms with E-state index in [1.807, 2.05) is 26.8 Å². The molecule has 2 aromatic rings. The summed E-state index contributed by atoms with van der Waals surface area (Å²) in [5.74, 6) is -0.115. The number of carbonyl (C=O) groups is 2. The number of ether oxygens (including phenoxy) is 1. The second-order valence-corrected chi connectivity index (χ2v) is 16.3. The van der Waals surface area contributed by atoms with Crippen molar-refractivity contribution in [1.29, 1.82) is 0 Å². The van der Waals surface area contributed by atoms with Gasteiger partial charge in [-0.1, -0.05) is 147 Å². The lowest BCUT2D eigenvalue weighted by Gasteiger charge is -2.23. The number of aliphatic carboxylic acids is 1. The highest BCUT2D eigenvalue weighted by atomic mass is 35.5. The quantitative estimate of drug-likeness (QED) is 0.141. The predicted molar refractivity (Wildman–Crippen MR) is 224 cm³/mol. The Balaban J connectivity index is -0.000000813. The van der Waals surface area contributed by atoms with Gasteiger partial charge < -0.3 is 14.3 Å². The van der Waals surface area contributed by atoms with Gasteiger partial charge in [-0.15, -0.1) is 0 Å². The van der Waals surface area contributed by atoms with E-state index in [1.165, 1.54) is 58.1 Å². The smallest absolute Gasteiger partial charge is 0.347 e. The van der Waals surface area contributed by atoms with Gasteiger partial charge in [0.15, 0.2) is 11.4 Å². The zero-order chi connectivity index (χ0) is 41.6. The van der Waals surface area contributed by atoms with Crippen LogP contribution in [-0.4, -0.2) is 22.5 Å². The van der Waals surface area contributed by atoms with Crippen molar-refractivity contribution >= 4 is 34.5 Å². The molecular formula is C45H74ClFO5. The fourth-order valence-corrected chi connectivity index (χ4v) is 4.22. The Hall–Kier alpha value is -3.12. The predicted octanol–water partition coefficient (Wildman–Crippen LogP) is 15.2. The molecule has 0 spiro atoms. The maximum Gasteiger partial charge on any atom is 0.347 e. The number of aryl methyl sites for hydroxylation is 1. The number of carboxylic acids is 1. The first-order valence-electron chi connectivity index (χ1n) is 18.8. The molecule has 7 heteroatoms. The Labute approximate surface area is 323 Å². The van der Waals surface area contributed by atoms with Gasteiger partial charge in [-0.05, 0) is 92.3 Å². The molecule has 0 radical (unpaired) electrons. The highest BCUT2D eigenvalue weighted by molar-refractivity contribution is 6.30. The molecule has 5 nitrogen and oxygen atoms in total. The first-order valence-corrected chi connectivity index (χ1v) is 19.2. The lowest BCUT2D eigenvalue weighted by Crippen LogP contribution is -2.33. The third-order valence-corrected chi connectivity index (χ3v) is 7.63. The van der Waals surface area contributed by atoms with Crippen LogP contribution in [0.3, 0.4) is 0 Å². The summed E-state index contributed by atoms with van der Waals surface area (Å²) in [4.78, 5) is 22.9. The van der Waals surface area contributed by atoms with E-state index in [0.717, 1.165) is 17.6 Å². The van der Waals surface area contributed by atoms with Crippen LogP contribution in [0.15, 0.2) is 53.7 Å². The molecule has 0 amide bonds. The average molecular weight is 750 g/mol. The molecule has 1 atom stereocenters.